The summed E-state index contributed by atoms with van der Waals surface area (Å²) in [6, 6.07) is 14.7. The summed E-state index contributed by atoms with van der Waals surface area (Å²) in [5.41, 5.74) is 1.43. The summed E-state index contributed by atoms with van der Waals surface area (Å²) in [7, 11) is 0. The van der Waals surface area contributed by atoms with Gasteiger partial charge in [-0.1, -0.05) is 24.3 Å². The molecule has 0 saturated heterocycles. The lowest BCUT2D eigenvalue weighted by atomic mass is 10.2. The van der Waals surface area contributed by atoms with E-state index in [0.29, 0.717) is 18.8 Å². The molecule has 18 heavy (non-hydrogen) atoms. The predicted octanol–water partition coefficient (Wildman–Crippen LogP) is 3.63. The first-order valence-corrected chi connectivity index (χ1v) is 5.93. The summed E-state index contributed by atoms with van der Waals surface area (Å²) >= 11 is 0. The van der Waals surface area contributed by atoms with Crippen LogP contribution in [0.3, 0.4) is 0 Å². The van der Waals surface area contributed by atoms with Crippen LogP contribution < -0.4 is 10.1 Å². The van der Waals surface area contributed by atoms with E-state index in [1.807, 2.05) is 43.3 Å². The fourth-order valence-corrected chi connectivity index (χ4v) is 1.63. The van der Waals surface area contributed by atoms with Gasteiger partial charge >= 0.3 is 0 Å². The van der Waals surface area contributed by atoms with Crippen molar-refractivity contribution < 1.29 is 9.13 Å². The highest BCUT2D eigenvalue weighted by Crippen LogP contribution is 2.15. The molecule has 0 unspecified atom stereocenters. The molecule has 0 atom stereocenters. The number of rotatable bonds is 5. The van der Waals surface area contributed by atoms with Crippen molar-refractivity contribution in [3.63, 3.8) is 0 Å². The first-order valence-electron chi connectivity index (χ1n) is 5.93. The third-order valence-corrected chi connectivity index (χ3v) is 2.55. The van der Waals surface area contributed by atoms with Crippen LogP contribution in [-0.2, 0) is 0 Å². The third-order valence-electron chi connectivity index (χ3n) is 2.55. The van der Waals surface area contributed by atoms with E-state index in [-0.39, 0.29) is 5.82 Å². The number of hydrogen-bond donors (Lipinski definition) is 1. The van der Waals surface area contributed by atoms with Gasteiger partial charge in [0, 0.05) is 6.54 Å². The molecule has 2 rings (SSSR count). The van der Waals surface area contributed by atoms with Crippen LogP contribution in [0.25, 0.3) is 0 Å². The van der Waals surface area contributed by atoms with Gasteiger partial charge in [-0.3, -0.25) is 0 Å². The predicted molar refractivity (Wildman–Crippen MR) is 71.6 cm³/mol. The molecule has 94 valence electrons. The van der Waals surface area contributed by atoms with Gasteiger partial charge < -0.3 is 10.1 Å². The molecule has 0 aliphatic heterocycles. The van der Waals surface area contributed by atoms with Gasteiger partial charge in [-0.25, -0.2) is 4.39 Å². The molecule has 2 aromatic carbocycles. The quantitative estimate of drug-likeness (QED) is 0.812. The van der Waals surface area contributed by atoms with E-state index in [9.17, 15) is 4.39 Å². The molecule has 2 aromatic rings. The summed E-state index contributed by atoms with van der Waals surface area (Å²) in [5.74, 6) is 0.596. The average Bonchev–Trinajstić information content (AvgIpc) is 2.38. The molecule has 0 fully saturated rings. The van der Waals surface area contributed by atoms with Crippen LogP contribution in [0.2, 0.25) is 0 Å². The van der Waals surface area contributed by atoms with Crippen LogP contribution in [0, 0.1) is 12.7 Å². The highest BCUT2D eigenvalue weighted by atomic mass is 19.1. The molecule has 0 aliphatic rings. The van der Waals surface area contributed by atoms with Crippen molar-refractivity contribution in [1.82, 2.24) is 0 Å². The van der Waals surface area contributed by atoms with Crippen LogP contribution in [-0.4, -0.2) is 13.2 Å². The highest BCUT2D eigenvalue weighted by Gasteiger charge is 2.00. The second kappa shape index (κ2) is 6.05. The largest absolute Gasteiger partial charge is 0.492 e. The second-order valence-corrected chi connectivity index (χ2v) is 4.07. The Morgan fingerprint density at radius 3 is 2.61 bits per heavy atom. The minimum atomic E-state index is -0.227. The molecule has 0 bridgehead atoms. The molecule has 0 saturated carbocycles. The highest BCUT2D eigenvalue weighted by molar-refractivity contribution is 5.46. The smallest absolute Gasteiger partial charge is 0.146 e. The molecular formula is C15H16FNO. The lowest BCUT2D eigenvalue weighted by molar-refractivity contribution is 0.332. The molecule has 2 nitrogen and oxygen atoms in total. The van der Waals surface area contributed by atoms with Crippen LogP contribution in [0.15, 0.2) is 48.5 Å². The van der Waals surface area contributed by atoms with Gasteiger partial charge in [0.2, 0.25) is 0 Å². The van der Waals surface area contributed by atoms with Crippen LogP contribution in [0.5, 0.6) is 5.75 Å². The zero-order valence-electron chi connectivity index (χ0n) is 10.3. The fourth-order valence-electron chi connectivity index (χ4n) is 1.63. The van der Waals surface area contributed by atoms with Crippen molar-refractivity contribution in [1.29, 1.82) is 0 Å². The van der Waals surface area contributed by atoms with E-state index in [2.05, 4.69) is 5.32 Å². The van der Waals surface area contributed by atoms with Gasteiger partial charge in [0.15, 0.2) is 0 Å². The van der Waals surface area contributed by atoms with Gasteiger partial charge in [0.1, 0.15) is 18.2 Å². The second-order valence-electron chi connectivity index (χ2n) is 4.07. The summed E-state index contributed by atoms with van der Waals surface area (Å²) in [6.45, 7) is 2.93. The first-order chi connectivity index (χ1) is 8.75. The van der Waals surface area contributed by atoms with Crippen LogP contribution >= 0.6 is 0 Å². The Bertz CT molecular complexity index is 499. The maximum Gasteiger partial charge on any atom is 0.146 e. The Morgan fingerprint density at radius 2 is 1.89 bits per heavy atom. The maximum absolute atomic E-state index is 13.5. The first kappa shape index (κ1) is 12.4. The van der Waals surface area contributed by atoms with E-state index in [0.717, 1.165) is 11.3 Å². The van der Waals surface area contributed by atoms with Crippen molar-refractivity contribution in [2.75, 3.05) is 18.5 Å². The average molecular weight is 245 g/mol. The van der Waals surface area contributed by atoms with Crippen molar-refractivity contribution in [2.24, 2.45) is 0 Å². The molecule has 1 N–H and O–H groups in total. The number of ether oxygens (including phenoxy) is 1. The van der Waals surface area contributed by atoms with Crippen molar-refractivity contribution >= 4 is 5.69 Å². The number of anilines is 1. The van der Waals surface area contributed by atoms with Crippen LogP contribution in [0.4, 0.5) is 10.1 Å². The summed E-state index contributed by atoms with van der Waals surface area (Å²) in [6.07, 6.45) is 0. The Morgan fingerprint density at radius 1 is 1.11 bits per heavy atom. The maximum atomic E-state index is 13.5. The lowest BCUT2D eigenvalue weighted by Gasteiger charge is -2.09. The number of nitrogens with one attached hydrogen (secondary N) is 1. The Hall–Kier alpha value is -2.03. The molecule has 0 heterocycles. The molecule has 0 aromatic heterocycles. The van der Waals surface area contributed by atoms with Gasteiger partial charge in [-0.05, 0) is 36.8 Å². The van der Waals surface area contributed by atoms with Gasteiger partial charge in [0.25, 0.3) is 0 Å². The monoisotopic (exact) mass is 245 g/mol. The van der Waals surface area contributed by atoms with E-state index < -0.39 is 0 Å². The minimum absolute atomic E-state index is 0.227. The van der Waals surface area contributed by atoms with Gasteiger partial charge in [-0.15, -0.1) is 0 Å². The zero-order chi connectivity index (χ0) is 12.8. The summed E-state index contributed by atoms with van der Waals surface area (Å²) in [5, 5.41) is 3.01. The normalized spacial score (nSPS) is 10.1. The van der Waals surface area contributed by atoms with Crippen molar-refractivity contribution in [3.05, 3.63) is 59.9 Å². The molecule has 0 amide bonds. The standard InChI is InChI=1S/C15H16FNO/c1-12-7-8-15(14(16)11-12)17-9-10-18-13-5-3-2-4-6-13/h2-8,11,17H,9-10H2,1H3. The molecule has 0 aliphatic carbocycles. The number of para-hydroxylation sites is 1. The Balaban J connectivity index is 1.79. The van der Waals surface area contributed by atoms with E-state index in [1.54, 1.807) is 6.07 Å². The Labute approximate surface area is 106 Å². The fraction of sp³-hybridized carbons (Fsp3) is 0.200. The van der Waals surface area contributed by atoms with Crippen molar-refractivity contribution in [2.45, 2.75) is 6.92 Å². The van der Waals surface area contributed by atoms with E-state index in [4.69, 9.17) is 4.74 Å². The minimum Gasteiger partial charge on any atom is -0.492 e. The number of aryl methyl sites for hydroxylation is 1. The molecular weight excluding hydrogens is 229 g/mol. The lowest BCUT2D eigenvalue weighted by Crippen LogP contribution is -2.12. The number of benzene rings is 2. The summed E-state index contributed by atoms with van der Waals surface area (Å²) in [4.78, 5) is 0. The number of hydrogen-bond acceptors (Lipinski definition) is 2. The van der Waals surface area contributed by atoms with Gasteiger partial charge in [-0.2, -0.15) is 0 Å². The topological polar surface area (TPSA) is 21.3 Å². The van der Waals surface area contributed by atoms with Gasteiger partial charge in [0.05, 0.1) is 5.69 Å². The third kappa shape index (κ3) is 3.48. The number of halogens is 1. The van der Waals surface area contributed by atoms with Crippen molar-refractivity contribution in [3.8, 4) is 5.75 Å². The summed E-state index contributed by atoms with van der Waals surface area (Å²) < 4.78 is 19.0. The van der Waals surface area contributed by atoms with E-state index in [1.165, 1.54) is 6.07 Å². The Kier molecular flexibility index (Phi) is 4.18. The van der Waals surface area contributed by atoms with E-state index >= 15 is 0 Å². The molecule has 0 radical (unpaired) electrons. The zero-order valence-corrected chi connectivity index (χ0v) is 10.3. The van der Waals surface area contributed by atoms with Crippen LogP contribution in [0.1, 0.15) is 5.56 Å². The molecule has 3 heteroatoms. The molecule has 0 spiro atoms. The SMILES string of the molecule is Cc1ccc(NCCOc2ccccc2)c(F)c1.